The molecule has 12 heavy (non-hydrogen) atoms. The van der Waals surface area contributed by atoms with Crippen molar-refractivity contribution in [1.82, 2.24) is 4.98 Å². The molecule has 1 N–H and O–H groups in total. The highest BCUT2D eigenvalue weighted by Gasteiger charge is 1.94. The van der Waals surface area contributed by atoms with Gasteiger partial charge in [-0.3, -0.25) is 0 Å². The van der Waals surface area contributed by atoms with Gasteiger partial charge in [0.25, 0.3) is 0 Å². The molecular weight excluding hydrogens is 145 g/mol. The van der Waals surface area contributed by atoms with Crippen molar-refractivity contribution in [1.29, 1.82) is 0 Å². The van der Waals surface area contributed by atoms with Gasteiger partial charge in [-0.25, -0.2) is 0 Å². The lowest BCUT2D eigenvalue weighted by Crippen LogP contribution is -1.79. The highest BCUT2D eigenvalue weighted by Crippen LogP contribution is 2.10. The SMILES string of the molecule is C.CC.CC(C)c1cc[nH]c1.[B]. The molecule has 0 bridgehead atoms. The average molecular weight is 166 g/mol. The number of hydrogen-bond donors (Lipinski definition) is 1. The summed E-state index contributed by atoms with van der Waals surface area (Å²) in [6, 6.07) is 2.10. The van der Waals surface area contributed by atoms with Gasteiger partial charge in [0.2, 0.25) is 0 Å². The molecule has 69 valence electrons. The molecule has 0 fully saturated rings. The van der Waals surface area contributed by atoms with E-state index in [0.29, 0.717) is 5.92 Å². The van der Waals surface area contributed by atoms with Crippen molar-refractivity contribution in [3.05, 3.63) is 24.0 Å². The number of aromatic nitrogens is 1. The molecule has 1 aromatic rings. The summed E-state index contributed by atoms with van der Waals surface area (Å²) in [6.07, 6.45) is 3.99. The molecule has 0 aliphatic rings. The van der Waals surface area contributed by atoms with E-state index in [4.69, 9.17) is 0 Å². The zero-order chi connectivity index (χ0) is 7.98. The first-order valence-electron chi connectivity index (χ1n) is 3.93. The van der Waals surface area contributed by atoms with Crippen LogP contribution < -0.4 is 0 Å². The van der Waals surface area contributed by atoms with E-state index in [-0.39, 0.29) is 15.8 Å². The van der Waals surface area contributed by atoms with Gasteiger partial charge < -0.3 is 4.98 Å². The Kier molecular flexibility index (Phi) is 15.0. The Bertz CT molecular complexity index is 145. The summed E-state index contributed by atoms with van der Waals surface area (Å²) in [7, 11) is 0. The van der Waals surface area contributed by atoms with Crippen LogP contribution in [0.15, 0.2) is 18.5 Å². The molecule has 1 rings (SSSR count). The van der Waals surface area contributed by atoms with E-state index in [1.807, 2.05) is 26.2 Å². The molecule has 0 aromatic carbocycles. The lowest BCUT2D eigenvalue weighted by molar-refractivity contribution is 0.868. The van der Waals surface area contributed by atoms with E-state index in [2.05, 4.69) is 24.9 Å². The minimum atomic E-state index is 0. The lowest BCUT2D eigenvalue weighted by atomic mass is 10.1. The molecule has 1 heterocycles. The van der Waals surface area contributed by atoms with Crippen LogP contribution in [0.25, 0.3) is 0 Å². The number of aromatic amines is 1. The fraction of sp³-hybridized carbons (Fsp3) is 0.600. The third-order valence-corrected chi connectivity index (χ3v) is 1.29. The van der Waals surface area contributed by atoms with Crippen molar-refractivity contribution in [2.24, 2.45) is 0 Å². The van der Waals surface area contributed by atoms with Crippen molar-refractivity contribution in [2.75, 3.05) is 0 Å². The standard InChI is InChI=1S/C7H11N.C2H6.CH4.B/c1-6(2)7-3-4-8-5-7;1-2;;/h3-6,8H,1-2H3;1-2H3;1H4;. The van der Waals surface area contributed by atoms with Crippen LogP contribution in [0.5, 0.6) is 0 Å². The second-order valence-electron chi connectivity index (χ2n) is 2.30. The largest absolute Gasteiger partial charge is 0.367 e. The van der Waals surface area contributed by atoms with E-state index in [1.54, 1.807) is 0 Å². The number of H-pyrrole nitrogens is 1. The molecule has 1 aromatic heterocycles. The molecule has 2 heteroatoms. The fourth-order valence-corrected chi connectivity index (χ4v) is 0.696. The van der Waals surface area contributed by atoms with Crippen molar-refractivity contribution in [3.8, 4) is 0 Å². The maximum absolute atomic E-state index is 3.01. The summed E-state index contributed by atoms with van der Waals surface area (Å²) in [5, 5.41) is 0. The lowest BCUT2D eigenvalue weighted by Gasteiger charge is -1.96. The van der Waals surface area contributed by atoms with Crippen LogP contribution in [0.1, 0.15) is 46.6 Å². The fourth-order valence-electron chi connectivity index (χ4n) is 0.696. The Morgan fingerprint density at radius 2 is 1.75 bits per heavy atom. The summed E-state index contributed by atoms with van der Waals surface area (Å²) in [5.41, 5.74) is 1.38. The smallest absolute Gasteiger partial charge is 0.00399 e. The molecule has 1 nitrogen and oxygen atoms in total. The van der Waals surface area contributed by atoms with Crippen LogP contribution in [-0.2, 0) is 0 Å². The average Bonchev–Trinajstić information content (AvgIpc) is 2.42. The zero-order valence-corrected chi connectivity index (χ0v) is 7.89. The number of nitrogens with one attached hydrogen (secondary N) is 1. The highest BCUT2D eigenvalue weighted by atomic mass is 14.6. The predicted octanol–water partition coefficient (Wildman–Crippen LogP) is 3.42. The Balaban J connectivity index is -0.000000189. The molecule has 0 aliphatic carbocycles. The first-order chi connectivity index (χ1) is 4.80. The van der Waals surface area contributed by atoms with E-state index in [9.17, 15) is 0 Å². The van der Waals surface area contributed by atoms with Crippen molar-refractivity contribution in [3.63, 3.8) is 0 Å². The van der Waals surface area contributed by atoms with Crippen LogP contribution in [0, 0.1) is 0 Å². The predicted molar refractivity (Wildman–Crippen MR) is 58.7 cm³/mol. The van der Waals surface area contributed by atoms with Gasteiger partial charge in [0.15, 0.2) is 0 Å². The van der Waals surface area contributed by atoms with E-state index < -0.39 is 0 Å². The third kappa shape index (κ3) is 6.08. The zero-order valence-electron chi connectivity index (χ0n) is 7.89. The first kappa shape index (κ1) is 17.4. The van der Waals surface area contributed by atoms with Crippen LogP contribution >= 0.6 is 0 Å². The van der Waals surface area contributed by atoms with E-state index in [0.717, 1.165) is 0 Å². The number of hydrogen-bond acceptors (Lipinski definition) is 0. The third-order valence-electron chi connectivity index (χ3n) is 1.29. The Labute approximate surface area is 79.2 Å². The molecule has 3 radical (unpaired) electrons. The summed E-state index contributed by atoms with van der Waals surface area (Å²) in [5.74, 6) is 0.654. The van der Waals surface area contributed by atoms with E-state index in [1.165, 1.54) is 5.56 Å². The van der Waals surface area contributed by atoms with Gasteiger partial charge in [0, 0.05) is 20.8 Å². The monoisotopic (exact) mass is 166 g/mol. The summed E-state index contributed by atoms with van der Waals surface area (Å²) < 4.78 is 0. The summed E-state index contributed by atoms with van der Waals surface area (Å²) >= 11 is 0. The molecular formula is C10H21BN. The van der Waals surface area contributed by atoms with Gasteiger partial charge in [0.05, 0.1) is 0 Å². The van der Waals surface area contributed by atoms with Crippen molar-refractivity contribution in [2.45, 2.75) is 41.0 Å². The van der Waals surface area contributed by atoms with E-state index >= 15 is 0 Å². The van der Waals surface area contributed by atoms with Crippen LogP contribution in [0.2, 0.25) is 0 Å². The molecule has 0 spiro atoms. The first-order valence-corrected chi connectivity index (χ1v) is 3.93. The topological polar surface area (TPSA) is 15.8 Å². The normalized spacial score (nSPS) is 7.42. The van der Waals surface area contributed by atoms with Gasteiger partial charge >= 0.3 is 0 Å². The summed E-state index contributed by atoms with van der Waals surface area (Å²) in [4.78, 5) is 3.01. The van der Waals surface area contributed by atoms with Crippen molar-refractivity contribution < 1.29 is 0 Å². The minimum Gasteiger partial charge on any atom is -0.367 e. The number of rotatable bonds is 1. The molecule has 0 aliphatic heterocycles. The maximum Gasteiger partial charge on any atom is 0.00399 e. The van der Waals surface area contributed by atoms with Gasteiger partial charge in [-0.2, -0.15) is 0 Å². The molecule has 0 unspecified atom stereocenters. The Hall–Kier alpha value is -0.655. The van der Waals surface area contributed by atoms with Gasteiger partial charge in [-0.05, 0) is 17.5 Å². The second kappa shape index (κ2) is 10.3. The van der Waals surface area contributed by atoms with Gasteiger partial charge in [-0.1, -0.05) is 35.1 Å². The quantitative estimate of drug-likeness (QED) is 0.615. The van der Waals surface area contributed by atoms with Crippen LogP contribution in [0.4, 0.5) is 0 Å². The highest BCUT2D eigenvalue weighted by molar-refractivity contribution is 5.75. The van der Waals surface area contributed by atoms with Gasteiger partial charge in [0.1, 0.15) is 0 Å². The second-order valence-corrected chi connectivity index (χ2v) is 2.30. The Morgan fingerprint density at radius 1 is 1.25 bits per heavy atom. The molecule has 0 saturated heterocycles. The molecule has 0 amide bonds. The van der Waals surface area contributed by atoms with Crippen molar-refractivity contribution >= 4 is 8.41 Å². The summed E-state index contributed by atoms with van der Waals surface area (Å²) in [6.45, 7) is 8.37. The van der Waals surface area contributed by atoms with Crippen LogP contribution in [0.3, 0.4) is 0 Å². The van der Waals surface area contributed by atoms with Gasteiger partial charge in [-0.15, -0.1) is 0 Å². The minimum absolute atomic E-state index is 0. The Morgan fingerprint density at radius 3 is 1.92 bits per heavy atom. The molecule has 0 saturated carbocycles. The molecule has 0 atom stereocenters. The maximum atomic E-state index is 3.01. The van der Waals surface area contributed by atoms with Crippen LogP contribution in [-0.4, -0.2) is 13.4 Å².